The Hall–Kier alpha value is -9.12. The van der Waals surface area contributed by atoms with Crippen LogP contribution < -0.4 is 19.3 Å². The molecule has 0 bridgehead atoms. The average molecular weight is 975 g/mol. The van der Waals surface area contributed by atoms with Crippen LogP contribution in [0.1, 0.15) is 154 Å². The van der Waals surface area contributed by atoms with Crippen molar-refractivity contribution in [1.29, 1.82) is 0 Å². The highest BCUT2D eigenvalue weighted by Gasteiger charge is 2.44. The van der Waals surface area contributed by atoms with Gasteiger partial charge < -0.3 is 9.47 Å². The van der Waals surface area contributed by atoms with Crippen LogP contribution in [0.25, 0.3) is 21.9 Å². The third-order valence-electron chi connectivity index (χ3n) is 13.5. The number of imide groups is 2. The normalized spacial score (nSPS) is 14.6. The van der Waals surface area contributed by atoms with Crippen LogP contribution in [-0.2, 0) is 20.4 Å². The smallest absolute Gasteiger partial charge is 0.308 e. The molecule has 0 fully saturated rings. The molecule has 0 aromatic heterocycles. The zero-order chi connectivity index (χ0) is 52.4. The van der Waals surface area contributed by atoms with Crippen molar-refractivity contribution in [2.75, 3.05) is 9.80 Å². The first-order valence-electron chi connectivity index (χ1n) is 24.4. The molecule has 4 amide bonds. The van der Waals surface area contributed by atoms with E-state index in [1.54, 1.807) is 36.4 Å². The van der Waals surface area contributed by atoms with Gasteiger partial charge in [-0.2, -0.15) is 0 Å². The quantitative estimate of drug-likeness (QED) is 0.0699. The summed E-state index contributed by atoms with van der Waals surface area (Å²) < 4.78 is 11.1. The molecule has 0 atom stereocenters. The minimum Gasteiger partial charge on any atom is -0.426 e. The number of allylic oxidation sites excluding steroid dienone is 8. The predicted octanol–water partition coefficient (Wildman–Crippen LogP) is 12.4. The van der Waals surface area contributed by atoms with E-state index in [4.69, 9.17) is 9.47 Å². The molecule has 0 saturated heterocycles. The summed E-state index contributed by atoms with van der Waals surface area (Å²) in [5.74, 6) is 9.05. The topological polar surface area (TPSA) is 127 Å². The van der Waals surface area contributed by atoms with E-state index in [1.807, 2.05) is 85.0 Å². The second-order valence-corrected chi connectivity index (χ2v) is 20.6. The van der Waals surface area contributed by atoms with Crippen molar-refractivity contribution >= 4 is 68.9 Å². The summed E-state index contributed by atoms with van der Waals surface area (Å²) in [5, 5.41) is 1.47. The van der Waals surface area contributed by atoms with Gasteiger partial charge in [-0.3, -0.25) is 28.8 Å². The molecule has 364 valence electrons. The van der Waals surface area contributed by atoms with E-state index in [2.05, 4.69) is 65.2 Å². The molecule has 2 heterocycles. The SMILES string of the molecule is CC(=O)Oc1ccc(C#Cc2ccc(C#Cc3ccc(OC(C)=O)c4c3C(=O)N(c3ccc(C(C)(C)C)cc3C3=CC=CC3)C4=O)c3ccccc23)c2c1C(=O)N(c1ccc(C(C)(C)C)cc1C1=CC=CC1)C2=O. The number of carbonyl (C=O) groups excluding carboxylic acids is 6. The number of hydrogen-bond acceptors (Lipinski definition) is 8. The Kier molecular flexibility index (Phi) is 12.1. The van der Waals surface area contributed by atoms with Crippen LogP contribution in [0.4, 0.5) is 11.4 Å². The van der Waals surface area contributed by atoms with Gasteiger partial charge >= 0.3 is 11.9 Å². The number of fused-ring (bicyclic) bond motifs is 3. The summed E-state index contributed by atoms with van der Waals surface area (Å²) in [6.45, 7) is 15.1. The van der Waals surface area contributed by atoms with E-state index in [0.717, 1.165) is 54.0 Å². The Balaban J connectivity index is 1.03. The van der Waals surface area contributed by atoms with E-state index in [-0.39, 0.29) is 55.7 Å². The number of nitrogens with zero attached hydrogens (tertiary/aromatic N) is 2. The van der Waals surface area contributed by atoms with Crippen molar-refractivity contribution in [3.63, 3.8) is 0 Å². The minimum atomic E-state index is -0.645. The van der Waals surface area contributed by atoms with Gasteiger partial charge in [0.05, 0.1) is 33.6 Å². The molecular formula is C64H50N2O8. The standard InChI is InChI=1S/C64H50N2O8/c1-37(67)73-53-33-27-43(55-57(53)61(71)65(59(55)69)51-31-29-45(63(3,4)5)35-49(51)39-15-9-10-16-39)25-23-41-21-22-42(48-20-14-13-19-47(41)48)24-26-44-28-34-54(74-38(2)68)58-56(44)60(70)66(62(58)72)52-32-30-46(64(6,7)8)36-50(52)40-17-11-12-18-40/h9-15,17,19-22,27-36H,16,18H2,1-8H3. The average Bonchev–Trinajstić information content (AvgIpc) is 4.19. The monoisotopic (exact) mass is 974 g/mol. The zero-order valence-corrected chi connectivity index (χ0v) is 42.3. The van der Waals surface area contributed by atoms with Gasteiger partial charge in [-0.1, -0.05) is 138 Å². The number of anilines is 2. The van der Waals surface area contributed by atoms with E-state index >= 15 is 0 Å². The molecular weight excluding hydrogens is 925 g/mol. The van der Waals surface area contributed by atoms with Crippen LogP contribution in [0.3, 0.4) is 0 Å². The highest BCUT2D eigenvalue weighted by Crippen LogP contribution is 2.44. The van der Waals surface area contributed by atoms with Crippen molar-refractivity contribution in [3.8, 4) is 35.2 Å². The van der Waals surface area contributed by atoms with Crippen LogP contribution in [0.5, 0.6) is 11.5 Å². The summed E-state index contributed by atoms with van der Waals surface area (Å²) in [7, 11) is 0. The Morgan fingerprint density at radius 3 is 1.19 bits per heavy atom. The first-order chi connectivity index (χ1) is 35.3. The Bertz CT molecular complexity index is 3560. The van der Waals surface area contributed by atoms with Crippen molar-refractivity contribution in [2.24, 2.45) is 0 Å². The number of carbonyl (C=O) groups is 6. The summed E-state index contributed by atoms with van der Waals surface area (Å²) in [6.07, 6.45) is 13.2. The molecule has 10 heteroatoms. The van der Waals surface area contributed by atoms with Crippen molar-refractivity contribution in [2.45, 2.75) is 79.1 Å². The van der Waals surface area contributed by atoms with Gasteiger partial charge in [-0.05, 0) is 117 Å². The third-order valence-corrected chi connectivity index (χ3v) is 13.5. The number of ether oxygens (including phenoxy) is 2. The van der Waals surface area contributed by atoms with E-state index < -0.39 is 35.6 Å². The van der Waals surface area contributed by atoms with Crippen LogP contribution in [-0.4, -0.2) is 35.6 Å². The molecule has 10 nitrogen and oxygen atoms in total. The van der Waals surface area contributed by atoms with Gasteiger partial charge in [0.2, 0.25) is 0 Å². The Labute approximate surface area is 429 Å². The molecule has 10 rings (SSSR count). The fourth-order valence-corrected chi connectivity index (χ4v) is 9.78. The van der Waals surface area contributed by atoms with Crippen molar-refractivity contribution in [1.82, 2.24) is 0 Å². The Morgan fingerprint density at radius 2 is 0.838 bits per heavy atom. The third kappa shape index (κ3) is 8.65. The molecule has 0 N–H and O–H groups in total. The molecule has 2 aliphatic carbocycles. The number of benzene rings is 6. The van der Waals surface area contributed by atoms with Crippen molar-refractivity contribution in [3.05, 3.63) is 200 Å². The molecule has 0 spiro atoms. The van der Waals surface area contributed by atoms with Gasteiger partial charge in [0.1, 0.15) is 11.5 Å². The molecule has 0 radical (unpaired) electrons. The minimum absolute atomic E-state index is 0.0297. The van der Waals surface area contributed by atoms with Crippen LogP contribution in [0, 0.1) is 23.7 Å². The zero-order valence-electron chi connectivity index (χ0n) is 42.3. The molecule has 6 aromatic rings. The number of hydrogen-bond donors (Lipinski definition) is 0. The molecule has 0 saturated carbocycles. The lowest BCUT2D eigenvalue weighted by Crippen LogP contribution is -2.30. The number of amides is 4. The van der Waals surface area contributed by atoms with Crippen LogP contribution in [0.15, 0.2) is 134 Å². The first kappa shape index (κ1) is 48.5. The number of esters is 2. The fourth-order valence-electron chi connectivity index (χ4n) is 9.78. The van der Waals surface area contributed by atoms with Gasteiger partial charge in [0.15, 0.2) is 0 Å². The first-order valence-corrected chi connectivity index (χ1v) is 24.4. The summed E-state index contributed by atoms with van der Waals surface area (Å²) in [6, 6.07) is 28.8. The second-order valence-electron chi connectivity index (χ2n) is 20.6. The molecule has 4 aliphatic rings. The van der Waals surface area contributed by atoms with Crippen LogP contribution >= 0.6 is 0 Å². The summed E-state index contributed by atoms with van der Waals surface area (Å²) in [4.78, 5) is 85.5. The fraction of sp³-hybridized carbons (Fsp3) is 0.188. The molecule has 2 aliphatic heterocycles. The van der Waals surface area contributed by atoms with Gasteiger partial charge in [0.25, 0.3) is 23.6 Å². The maximum Gasteiger partial charge on any atom is 0.308 e. The van der Waals surface area contributed by atoms with Crippen LogP contribution in [0.2, 0.25) is 0 Å². The molecule has 0 unspecified atom stereocenters. The maximum absolute atomic E-state index is 14.7. The van der Waals surface area contributed by atoms with E-state index in [0.29, 0.717) is 35.3 Å². The van der Waals surface area contributed by atoms with E-state index in [9.17, 15) is 28.8 Å². The van der Waals surface area contributed by atoms with Crippen molar-refractivity contribution < 1.29 is 38.2 Å². The molecule has 74 heavy (non-hydrogen) atoms. The number of rotatable bonds is 6. The van der Waals surface area contributed by atoms with Gasteiger partial charge in [0, 0.05) is 47.2 Å². The summed E-state index contributed by atoms with van der Waals surface area (Å²) in [5.41, 5.74) is 7.64. The lowest BCUT2D eigenvalue weighted by Gasteiger charge is -2.24. The van der Waals surface area contributed by atoms with Gasteiger partial charge in [-0.15, -0.1) is 0 Å². The molecule has 6 aromatic carbocycles. The second kappa shape index (κ2) is 18.5. The lowest BCUT2D eigenvalue weighted by atomic mass is 9.84. The summed E-state index contributed by atoms with van der Waals surface area (Å²) >= 11 is 0. The predicted molar refractivity (Wildman–Crippen MR) is 287 cm³/mol. The van der Waals surface area contributed by atoms with Gasteiger partial charge in [-0.25, -0.2) is 9.80 Å². The lowest BCUT2D eigenvalue weighted by molar-refractivity contribution is -0.132. The largest absolute Gasteiger partial charge is 0.426 e. The van der Waals surface area contributed by atoms with E-state index in [1.165, 1.54) is 26.0 Å². The highest BCUT2D eigenvalue weighted by molar-refractivity contribution is 6.37. The Morgan fingerprint density at radius 1 is 0.473 bits per heavy atom. The maximum atomic E-state index is 14.7. The highest BCUT2D eigenvalue weighted by atomic mass is 16.5.